The van der Waals surface area contributed by atoms with Gasteiger partial charge in [-0.3, -0.25) is 0 Å². The summed E-state index contributed by atoms with van der Waals surface area (Å²) in [6.07, 6.45) is 5.11. The molecule has 0 aliphatic heterocycles. The molecule has 0 radical (unpaired) electrons. The highest BCUT2D eigenvalue weighted by Crippen LogP contribution is 2.25. The van der Waals surface area contributed by atoms with Crippen molar-refractivity contribution in [2.45, 2.75) is 19.4 Å². The Bertz CT molecular complexity index is 419. The zero-order valence-electron chi connectivity index (χ0n) is 8.27. The molecule has 0 amide bonds. The third-order valence-corrected chi connectivity index (χ3v) is 1.71. The molecule has 80 valence electrons. The number of hydrogen-bond acceptors (Lipinski definition) is 1. The average molecular weight is 214 g/mol. The molecule has 15 heavy (non-hydrogen) atoms. The van der Waals surface area contributed by atoms with Gasteiger partial charge in [0, 0.05) is 0 Å². The Kier molecular flexibility index (Phi) is 2.94. The van der Waals surface area contributed by atoms with E-state index < -0.39 is 28.8 Å². The van der Waals surface area contributed by atoms with Gasteiger partial charge >= 0.3 is 0 Å². The number of terminal acetylenes is 1. The quantitative estimate of drug-likeness (QED) is 0.543. The summed E-state index contributed by atoms with van der Waals surface area (Å²) in [6, 6.07) is 1.77. The van der Waals surface area contributed by atoms with E-state index in [1.807, 2.05) is 0 Å². The molecule has 0 spiro atoms. The number of hydrogen-bond donors (Lipinski definition) is 0. The van der Waals surface area contributed by atoms with Crippen molar-refractivity contribution < 1.29 is 17.9 Å². The maximum absolute atomic E-state index is 13.1. The lowest BCUT2D eigenvalue weighted by Crippen LogP contribution is -2.26. The number of ether oxygens (including phenoxy) is 1. The average Bonchev–Trinajstić information content (AvgIpc) is 2.19. The second-order valence-electron chi connectivity index (χ2n) is 3.43. The molecule has 0 heterocycles. The summed E-state index contributed by atoms with van der Waals surface area (Å²) in [5, 5.41) is 0. The van der Waals surface area contributed by atoms with Gasteiger partial charge in [0.1, 0.15) is 0 Å². The molecular formula is C11H9F3O. The maximum atomic E-state index is 13.1. The Hall–Kier alpha value is -1.63. The first-order valence-corrected chi connectivity index (χ1v) is 4.17. The van der Waals surface area contributed by atoms with Crippen LogP contribution in [-0.2, 0) is 0 Å². The minimum absolute atomic E-state index is 0.406. The molecule has 0 unspecified atom stereocenters. The first-order valence-electron chi connectivity index (χ1n) is 4.17. The number of benzene rings is 1. The topological polar surface area (TPSA) is 9.23 Å². The van der Waals surface area contributed by atoms with Crippen molar-refractivity contribution in [1.82, 2.24) is 0 Å². The van der Waals surface area contributed by atoms with Crippen molar-refractivity contribution in [3.8, 4) is 18.1 Å². The molecule has 0 atom stereocenters. The standard InChI is InChI=1S/C11H9F3O/c1-4-11(2,3)15-8-6-5-7(12)9(13)10(8)14/h1,5-6H,2-3H3. The molecule has 0 saturated heterocycles. The lowest BCUT2D eigenvalue weighted by molar-refractivity contribution is 0.162. The second kappa shape index (κ2) is 3.85. The summed E-state index contributed by atoms with van der Waals surface area (Å²) < 4.78 is 43.5. The molecule has 0 saturated carbocycles. The summed E-state index contributed by atoms with van der Waals surface area (Å²) in [7, 11) is 0. The Balaban J connectivity index is 3.09. The summed E-state index contributed by atoms with van der Waals surface area (Å²) >= 11 is 0. The molecule has 1 nitrogen and oxygen atoms in total. The normalized spacial score (nSPS) is 10.9. The fraction of sp³-hybridized carbons (Fsp3) is 0.273. The smallest absolute Gasteiger partial charge is 0.203 e. The van der Waals surface area contributed by atoms with Crippen molar-refractivity contribution in [1.29, 1.82) is 0 Å². The van der Waals surface area contributed by atoms with Gasteiger partial charge in [0.05, 0.1) is 0 Å². The van der Waals surface area contributed by atoms with Gasteiger partial charge in [-0.25, -0.2) is 8.78 Å². The Labute approximate surface area is 85.9 Å². The molecule has 1 rings (SSSR count). The third kappa shape index (κ3) is 2.44. The van der Waals surface area contributed by atoms with E-state index in [-0.39, 0.29) is 0 Å². The van der Waals surface area contributed by atoms with Gasteiger partial charge in [-0.05, 0) is 26.0 Å². The zero-order valence-corrected chi connectivity index (χ0v) is 8.27. The molecular weight excluding hydrogens is 205 g/mol. The highest BCUT2D eigenvalue weighted by atomic mass is 19.2. The minimum atomic E-state index is -1.57. The van der Waals surface area contributed by atoms with Crippen LogP contribution in [0.4, 0.5) is 13.2 Å². The van der Waals surface area contributed by atoms with E-state index in [4.69, 9.17) is 11.2 Å². The van der Waals surface area contributed by atoms with Crippen LogP contribution >= 0.6 is 0 Å². The molecule has 0 aliphatic carbocycles. The van der Waals surface area contributed by atoms with E-state index in [0.717, 1.165) is 12.1 Å². The van der Waals surface area contributed by atoms with Crippen molar-refractivity contribution in [2.24, 2.45) is 0 Å². The van der Waals surface area contributed by atoms with E-state index in [2.05, 4.69) is 5.92 Å². The number of halogens is 3. The van der Waals surface area contributed by atoms with Crippen LogP contribution in [0.5, 0.6) is 5.75 Å². The van der Waals surface area contributed by atoms with Crippen LogP contribution in [0.25, 0.3) is 0 Å². The first kappa shape index (κ1) is 11.4. The van der Waals surface area contributed by atoms with Gasteiger partial charge in [0.15, 0.2) is 23.0 Å². The Morgan fingerprint density at radius 3 is 2.33 bits per heavy atom. The zero-order chi connectivity index (χ0) is 11.6. The van der Waals surface area contributed by atoms with Crippen molar-refractivity contribution >= 4 is 0 Å². The Morgan fingerprint density at radius 1 is 1.20 bits per heavy atom. The van der Waals surface area contributed by atoms with Crippen LogP contribution in [0.15, 0.2) is 12.1 Å². The summed E-state index contributed by atoms with van der Waals surface area (Å²) in [5.74, 6) is -2.37. The molecule has 0 N–H and O–H groups in total. The molecule has 1 aromatic carbocycles. The first-order chi connectivity index (χ1) is 6.87. The Morgan fingerprint density at radius 2 is 1.80 bits per heavy atom. The monoisotopic (exact) mass is 214 g/mol. The van der Waals surface area contributed by atoms with Crippen LogP contribution in [0.3, 0.4) is 0 Å². The van der Waals surface area contributed by atoms with Crippen LogP contribution in [0, 0.1) is 29.8 Å². The second-order valence-corrected chi connectivity index (χ2v) is 3.43. The van der Waals surface area contributed by atoms with Crippen LogP contribution < -0.4 is 4.74 Å². The van der Waals surface area contributed by atoms with Crippen LogP contribution in [0.2, 0.25) is 0 Å². The van der Waals surface area contributed by atoms with Gasteiger partial charge in [-0.2, -0.15) is 4.39 Å². The third-order valence-electron chi connectivity index (χ3n) is 1.71. The van der Waals surface area contributed by atoms with Gasteiger partial charge in [0.25, 0.3) is 0 Å². The summed E-state index contributed by atoms with van der Waals surface area (Å²) in [4.78, 5) is 0. The summed E-state index contributed by atoms with van der Waals surface area (Å²) in [6.45, 7) is 3.02. The van der Waals surface area contributed by atoms with E-state index in [0.29, 0.717) is 0 Å². The van der Waals surface area contributed by atoms with E-state index in [1.165, 1.54) is 13.8 Å². The summed E-state index contributed by atoms with van der Waals surface area (Å²) in [5.41, 5.74) is -1.08. The largest absolute Gasteiger partial charge is 0.472 e. The van der Waals surface area contributed by atoms with Gasteiger partial charge in [-0.1, -0.05) is 5.92 Å². The molecule has 0 aliphatic rings. The number of rotatable bonds is 2. The SMILES string of the molecule is C#CC(C)(C)Oc1ccc(F)c(F)c1F. The predicted molar refractivity (Wildman–Crippen MR) is 49.9 cm³/mol. The predicted octanol–water partition coefficient (Wildman–Crippen LogP) is 2.89. The lowest BCUT2D eigenvalue weighted by atomic mass is 10.1. The fourth-order valence-corrected chi connectivity index (χ4v) is 0.891. The minimum Gasteiger partial charge on any atom is -0.472 e. The van der Waals surface area contributed by atoms with Gasteiger partial charge in [-0.15, -0.1) is 6.42 Å². The van der Waals surface area contributed by atoms with E-state index in [9.17, 15) is 13.2 Å². The van der Waals surface area contributed by atoms with E-state index in [1.54, 1.807) is 0 Å². The molecule has 4 heteroatoms. The van der Waals surface area contributed by atoms with Crippen LogP contribution in [-0.4, -0.2) is 5.60 Å². The lowest BCUT2D eigenvalue weighted by Gasteiger charge is -2.20. The maximum Gasteiger partial charge on any atom is 0.203 e. The van der Waals surface area contributed by atoms with Crippen molar-refractivity contribution in [3.05, 3.63) is 29.6 Å². The highest BCUT2D eigenvalue weighted by molar-refractivity contribution is 5.28. The molecule has 1 aromatic rings. The van der Waals surface area contributed by atoms with Crippen molar-refractivity contribution in [3.63, 3.8) is 0 Å². The van der Waals surface area contributed by atoms with Crippen molar-refractivity contribution in [2.75, 3.05) is 0 Å². The van der Waals surface area contributed by atoms with Crippen LogP contribution in [0.1, 0.15) is 13.8 Å². The molecule has 0 aromatic heterocycles. The van der Waals surface area contributed by atoms with Gasteiger partial charge < -0.3 is 4.74 Å². The van der Waals surface area contributed by atoms with E-state index >= 15 is 0 Å². The molecule has 0 fully saturated rings. The van der Waals surface area contributed by atoms with Gasteiger partial charge in [0.2, 0.25) is 5.82 Å². The highest BCUT2D eigenvalue weighted by Gasteiger charge is 2.21. The fourth-order valence-electron chi connectivity index (χ4n) is 0.891. The molecule has 0 bridgehead atoms.